The average molecular weight is 345 g/mol. The zero-order valence-corrected chi connectivity index (χ0v) is 14.8. The van der Waals surface area contributed by atoms with E-state index in [9.17, 15) is 9.18 Å². The molecule has 0 spiro atoms. The van der Waals surface area contributed by atoms with Crippen LogP contribution in [0.15, 0.2) is 42.5 Å². The summed E-state index contributed by atoms with van der Waals surface area (Å²) in [6.45, 7) is 7.16. The maximum absolute atomic E-state index is 13.6. The van der Waals surface area contributed by atoms with Crippen LogP contribution in [0.4, 0.5) is 4.39 Å². The molecule has 2 aromatic rings. The quantitative estimate of drug-likeness (QED) is 0.780. The number of hydrogen-bond donors (Lipinski definition) is 1. The lowest BCUT2D eigenvalue weighted by Crippen LogP contribution is -2.23. The van der Waals surface area contributed by atoms with Crippen LogP contribution < -0.4 is 14.8 Å². The van der Waals surface area contributed by atoms with E-state index in [4.69, 9.17) is 9.47 Å². The van der Waals surface area contributed by atoms with Gasteiger partial charge in [-0.25, -0.2) is 4.39 Å². The predicted octanol–water partition coefficient (Wildman–Crippen LogP) is 4.19. The Morgan fingerprint density at radius 3 is 2.56 bits per heavy atom. The van der Waals surface area contributed by atoms with Crippen LogP contribution in [-0.4, -0.2) is 19.1 Å². The topological polar surface area (TPSA) is 47.6 Å². The third kappa shape index (κ3) is 5.48. The van der Waals surface area contributed by atoms with Crippen LogP contribution in [0.3, 0.4) is 0 Å². The van der Waals surface area contributed by atoms with E-state index in [2.05, 4.69) is 19.2 Å². The molecule has 0 aliphatic rings. The third-order valence-electron chi connectivity index (χ3n) is 3.48. The SMILES string of the molecule is CCOc1cc(C(=O)NCc2ccccc2F)ccc1OCC(C)C. The van der Waals surface area contributed by atoms with E-state index in [-0.39, 0.29) is 18.3 Å². The Labute approximate surface area is 148 Å². The van der Waals surface area contributed by atoms with Crippen molar-refractivity contribution in [2.75, 3.05) is 13.2 Å². The third-order valence-corrected chi connectivity index (χ3v) is 3.48. The van der Waals surface area contributed by atoms with Gasteiger partial charge in [0.25, 0.3) is 5.91 Å². The highest BCUT2D eigenvalue weighted by Gasteiger charge is 2.12. The first kappa shape index (κ1) is 18.8. The number of amides is 1. The summed E-state index contributed by atoms with van der Waals surface area (Å²) < 4.78 is 24.9. The summed E-state index contributed by atoms with van der Waals surface area (Å²) in [7, 11) is 0. The van der Waals surface area contributed by atoms with Crippen LogP contribution in [0.1, 0.15) is 36.7 Å². The molecule has 1 N–H and O–H groups in total. The second-order valence-corrected chi connectivity index (χ2v) is 6.07. The predicted molar refractivity (Wildman–Crippen MR) is 95.5 cm³/mol. The summed E-state index contributed by atoms with van der Waals surface area (Å²) in [6.07, 6.45) is 0. The monoisotopic (exact) mass is 345 g/mol. The van der Waals surface area contributed by atoms with Gasteiger partial charge in [0.2, 0.25) is 0 Å². The zero-order valence-electron chi connectivity index (χ0n) is 14.8. The molecule has 2 aromatic carbocycles. The Balaban J connectivity index is 2.08. The van der Waals surface area contributed by atoms with Crippen LogP contribution in [0.2, 0.25) is 0 Å². The number of halogens is 1. The highest BCUT2D eigenvalue weighted by Crippen LogP contribution is 2.29. The molecule has 4 nitrogen and oxygen atoms in total. The molecule has 0 fully saturated rings. The van der Waals surface area contributed by atoms with Crippen LogP contribution in [-0.2, 0) is 6.54 Å². The molecule has 0 saturated heterocycles. The number of carbonyl (C=O) groups excluding carboxylic acids is 1. The molecule has 5 heteroatoms. The van der Waals surface area contributed by atoms with Crippen LogP contribution in [0.5, 0.6) is 11.5 Å². The molecule has 0 aromatic heterocycles. The number of rotatable bonds is 8. The highest BCUT2D eigenvalue weighted by molar-refractivity contribution is 5.94. The van der Waals surface area contributed by atoms with Crippen molar-refractivity contribution < 1.29 is 18.7 Å². The fourth-order valence-electron chi connectivity index (χ4n) is 2.21. The Hall–Kier alpha value is -2.56. The summed E-state index contributed by atoms with van der Waals surface area (Å²) >= 11 is 0. The molecular weight excluding hydrogens is 321 g/mol. The van der Waals surface area contributed by atoms with Crippen LogP contribution in [0.25, 0.3) is 0 Å². The van der Waals surface area contributed by atoms with Crippen LogP contribution in [0, 0.1) is 11.7 Å². The fraction of sp³-hybridized carbons (Fsp3) is 0.350. The largest absolute Gasteiger partial charge is 0.490 e. The normalized spacial score (nSPS) is 10.6. The molecule has 0 heterocycles. The first-order valence-corrected chi connectivity index (χ1v) is 8.42. The first-order chi connectivity index (χ1) is 12.0. The molecule has 2 rings (SSSR count). The van der Waals surface area contributed by atoms with Crippen molar-refractivity contribution in [3.8, 4) is 11.5 Å². The maximum atomic E-state index is 13.6. The molecule has 134 valence electrons. The van der Waals surface area contributed by atoms with Gasteiger partial charge in [0.05, 0.1) is 13.2 Å². The number of benzene rings is 2. The van der Waals surface area contributed by atoms with E-state index in [1.54, 1.807) is 36.4 Å². The Morgan fingerprint density at radius 2 is 1.88 bits per heavy atom. The molecule has 0 aliphatic heterocycles. The minimum atomic E-state index is -0.338. The van der Waals surface area contributed by atoms with Gasteiger partial charge >= 0.3 is 0 Å². The molecular formula is C20H24FNO3. The molecule has 25 heavy (non-hydrogen) atoms. The van der Waals surface area contributed by atoms with E-state index < -0.39 is 0 Å². The summed E-state index contributed by atoms with van der Waals surface area (Å²) in [5.41, 5.74) is 0.884. The Bertz CT molecular complexity index is 716. The summed E-state index contributed by atoms with van der Waals surface area (Å²) in [5, 5.41) is 2.72. The molecule has 0 aliphatic carbocycles. The van der Waals surface area contributed by atoms with Gasteiger partial charge in [-0.05, 0) is 37.1 Å². The van der Waals surface area contributed by atoms with Gasteiger partial charge in [0, 0.05) is 17.7 Å². The summed E-state index contributed by atoms with van der Waals surface area (Å²) in [6, 6.07) is 11.4. The van der Waals surface area contributed by atoms with Gasteiger partial charge in [-0.15, -0.1) is 0 Å². The Kier molecular flexibility index (Phi) is 6.81. The van der Waals surface area contributed by atoms with Crippen LogP contribution >= 0.6 is 0 Å². The Morgan fingerprint density at radius 1 is 1.12 bits per heavy atom. The van der Waals surface area contributed by atoms with E-state index in [1.807, 2.05) is 6.92 Å². The van der Waals surface area contributed by atoms with E-state index in [0.717, 1.165) is 0 Å². The van der Waals surface area contributed by atoms with Gasteiger partial charge in [-0.3, -0.25) is 4.79 Å². The van der Waals surface area contributed by atoms with Gasteiger partial charge in [0.15, 0.2) is 11.5 Å². The lowest BCUT2D eigenvalue weighted by Gasteiger charge is -2.14. The van der Waals surface area contributed by atoms with Crippen molar-refractivity contribution in [3.05, 3.63) is 59.4 Å². The van der Waals surface area contributed by atoms with Crippen molar-refractivity contribution in [1.29, 1.82) is 0 Å². The highest BCUT2D eigenvalue weighted by atomic mass is 19.1. The van der Waals surface area contributed by atoms with Gasteiger partial charge in [0.1, 0.15) is 5.82 Å². The van der Waals surface area contributed by atoms with Crippen molar-refractivity contribution in [3.63, 3.8) is 0 Å². The van der Waals surface area contributed by atoms with Crippen molar-refractivity contribution >= 4 is 5.91 Å². The molecule has 0 unspecified atom stereocenters. The lowest BCUT2D eigenvalue weighted by molar-refractivity contribution is 0.0950. The van der Waals surface area contributed by atoms with E-state index >= 15 is 0 Å². The molecule has 0 bridgehead atoms. The molecule has 0 saturated carbocycles. The van der Waals surface area contributed by atoms with Crippen molar-refractivity contribution in [2.24, 2.45) is 5.92 Å². The number of hydrogen-bond acceptors (Lipinski definition) is 3. The van der Waals surface area contributed by atoms with Gasteiger partial charge in [-0.2, -0.15) is 0 Å². The minimum absolute atomic E-state index is 0.126. The number of ether oxygens (including phenoxy) is 2. The first-order valence-electron chi connectivity index (χ1n) is 8.42. The van der Waals surface area contributed by atoms with Crippen molar-refractivity contribution in [2.45, 2.75) is 27.3 Å². The minimum Gasteiger partial charge on any atom is -0.490 e. The summed E-state index contributed by atoms with van der Waals surface area (Å²) in [4.78, 5) is 12.3. The second-order valence-electron chi connectivity index (χ2n) is 6.07. The fourth-order valence-corrected chi connectivity index (χ4v) is 2.21. The number of nitrogens with one attached hydrogen (secondary N) is 1. The second kappa shape index (κ2) is 9.06. The molecule has 0 radical (unpaired) electrons. The van der Waals surface area contributed by atoms with Gasteiger partial charge < -0.3 is 14.8 Å². The van der Waals surface area contributed by atoms with E-state index in [1.165, 1.54) is 6.07 Å². The lowest BCUT2D eigenvalue weighted by atomic mass is 10.1. The number of carbonyl (C=O) groups is 1. The molecule has 1 amide bonds. The smallest absolute Gasteiger partial charge is 0.251 e. The van der Waals surface area contributed by atoms with E-state index in [0.29, 0.717) is 41.8 Å². The summed E-state index contributed by atoms with van der Waals surface area (Å²) in [5.74, 6) is 0.899. The standard InChI is InChI=1S/C20H24FNO3/c1-4-24-19-11-15(9-10-18(19)25-13-14(2)3)20(23)22-12-16-7-5-6-8-17(16)21/h5-11,14H,4,12-13H2,1-3H3,(H,22,23). The molecule has 0 atom stereocenters. The van der Waals surface area contributed by atoms with Crippen molar-refractivity contribution in [1.82, 2.24) is 5.32 Å². The zero-order chi connectivity index (χ0) is 18.2. The maximum Gasteiger partial charge on any atom is 0.251 e. The van der Waals surface area contributed by atoms with Gasteiger partial charge in [-0.1, -0.05) is 32.0 Å². The average Bonchev–Trinajstić information content (AvgIpc) is 2.59.